The van der Waals surface area contributed by atoms with Crippen LogP contribution in [0.3, 0.4) is 0 Å². The largest absolute Gasteiger partial charge is 0.396 e. The average molecular weight is 244 g/mol. The van der Waals surface area contributed by atoms with E-state index in [-0.39, 0.29) is 6.61 Å². The highest BCUT2D eigenvalue weighted by Gasteiger charge is 2.05. The van der Waals surface area contributed by atoms with Crippen LogP contribution in [0.4, 0.5) is 0 Å². The first kappa shape index (κ1) is 10.2. The highest BCUT2D eigenvalue weighted by molar-refractivity contribution is 9.10. The zero-order valence-corrected chi connectivity index (χ0v) is 8.54. The summed E-state index contributed by atoms with van der Waals surface area (Å²) in [6.07, 6.45) is 0.581. The molecule has 1 rings (SSSR count). The standard InChI is InChI=1S/C9H10BrNO2/c10-8-5-6(3-4-12)1-2-7(8)9(11)13/h1-2,5,12H,3-4H2,(H2,11,13). The van der Waals surface area contributed by atoms with Crippen molar-refractivity contribution in [1.29, 1.82) is 0 Å². The van der Waals surface area contributed by atoms with Crippen molar-refractivity contribution in [2.75, 3.05) is 6.61 Å². The van der Waals surface area contributed by atoms with Gasteiger partial charge in [0.1, 0.15) is 0 Å². The van der Waals surface area contributed by atoms with Gasteiger partial charge in [-0.15, -0.1) is 0 Å². The monoisotopic (exact) mass is 243 g/mol. The quantitative estimate of drug-likeness (QED) is 0.835. The number of benzene rings is 1. The van der Waals surface area contributed by atoms with E-state index in [9.17, 15) is 4.79 Å². The summed E-state index contributed by atoms with van der Waals surface area (Å²) in [5.74, 6) is -0.456. The van der Waals surface area contributed by atoms with E-state index in [1.165, 1.54) is 0 Å². The third-order valence-electron chi connectivity index (χ3n) is 1.70. The van der Waals surface area contributed by atoms with Gasteiger partial charge in [-0.1, -0.05) is 6.07 Å². The van der Waals surface area contributed by atoms with Gasteiger partial charge in [0, 0.05) is 11.1 Å². The predicted molar refractivity (Wildman–Crippen MR) is 53.4 cm³/mol. The number of primary amides is 1. The zero-order valence-electron chi connectivity index (χ0n) is 6.96. The Hall–Kier alpha value is -0.870. The summed E-state index contributed by atoms with van der Waals surface area (Å²) in [6, 6.07) is 5.22. The number of nitrogens with two attached hydrogens (primary N) is 1. The Morgan fingerprint density at radius 1 is 1.54 bits per heavy atom. The first-order valence-electron chi connectivity index (χ1n) is 3.84. The molecule has 13 heavy (non-hydrogen) atoms. The lowest BCUT2D eigenvalue weighted by Crippen LogP contribution is -2.11. The van der Waals surface area contributed by atoms with Crippen molar-refractivity contribution in [1.82, 2.24) is 0 Å². The molecular formula is C9H10BrNO2. The van der Waals surface area contributed by atoms with Crippen LogP contribution in [-0.2, 0) is 6.42 Å². The molecule has 0 unspecified atom stereocenters. The van der Waals surface area contributed by atoms with E-state index in [0.29, 0.717) is 16.5 Å². The Labute approximate surface area is 84.7 Å². The maximum absolute atomic E-state index is 10.8. The van der Waals surface area contributed by atoms with Crippen molar-refractivity contribution in [3.63, 3.8) is 0 Å². The van der Waals surface area contributed by atoms with Gasteiger partial charge in [0.05, 0.1) is 5.56 Å². The molecule has 0 fully saturated rings. The third kappa shape index (κ3) is 2.54. The number of hydrogen-bond acceptors (Lipinski definition) is 2. The smallest absolute Gasteiger partial charge is 0.249 e. The molecule has 0 atom stereocenters. The van der Waals surface area contributed by atoms with E-state index in [1.807, 2.05) is 0 Å². The zero-order chi connectivity index (χ0) is 9.84. The number of halogens is 1. The molecule has 0 spiro atoms. The second-order valence-corrected chi connectivity index (χ2v) is 3.51. The van der Waals surface area contributed by atoms with Crippen molar-refractivity contribution in [2.24, 2.45) is 5.73 Å². The molecule has 1 aromatic carbocycles. The summed E-state index contributed by atoms with van der Waals surface area (Å²) in [5, 5.41) is 8.68. The molecular weight excluding hydrogens is 234 g/mol. The van der Waals surface area contributed by atoms with Crippen LogP contribution in [0, 0.1) is 0 Å². The maximum Gasteiger partial charge on any atom is 0.249 e. The number of amides is 1. The first-order valence-corrected chi connectivity index (χ1v) is 4.63. The van der Waals surface area contributed by atoms with Crippen molar-refractivity contribution >= 4 is 21.8 Å². The van der Waals surface area contributed by atoms with Gasteiger partial charge in [-0.25, -0.2) is 0 Å². The summed E-state index contributed by atoms with van der Waals surface area (Å²) in [7, 11) is 0. The van der Waals surface area contributed by atoms with Crippen molar-refractivity contribution in [3.05, 3.63) is 33.8 Å². The molecule has 0 saturated carbocycles. The molecule has 0 heterocycles. The molecule has 0 aliphatic carbocycles. The Morgan fingerprint density at radius 3 is 2.69 bits per heavy atom. The van der Waals surface area contributed by atoms with Crippen molar-refractivity contribution < 1.29 is 9.90 Å². The van der Waals surface area contributed by atoms with Gasteiger partial charge < -0.3 is 10.8 Å². The predicted octanol–water partition coefficient (Wildman–Crippen LogP) is 1.08. The Bertz CT molecular complexity index is 325. The van der Waals surface area contributed by atoms with Crippen molar-refractivity contribution in [2.45, 2.75) is 6.42 Å². The van der Waals surface area contributed by atoms with Gasteiger partial charge in [0.2, 0.25) is 5.91 Å². The van der Waals surface area contributed by atoms with Crippen LogP contribution in [-0.4, -0.2) is 17.6 Å². The van der Waals surface area contributed by atoms with Crippen LogP contribution in [0.2, 0.25) is 0 Å². The third-order valence-corrected chi connectivity index (χ3v) is 2.36. The minimum atomic E-state index is -0.456. The SMILES string of the molecule is NC(=O)c1ccc(CCO)cc1Br. The summed E-state index contributed by atoms with van der Waals surface area (Å²) in [5.41, 5.74) is 6.55. The van der Waals surface area contributed by atoms with Crippen LogP contribution in [0.15, 0.2) is 22.7 Å². The van der Waals surface area contributed by atoms with Crippen LogP contribution in [0.25, 0.3) is 0 Å². The summed E-state index contributed by atoms with van der Waals surface area (Å²) in [4.78, 5) is 10.8. The van der Waals surface area contributed by atoms with Crippen LogP contribution in [0.1, 0.15) is 15.9 Å². The molecule has 0 bridgehead atoms. The van der Waals surface area contributed by atoms with Crippen LogP contribution >= 0.6 is 15.9 Å². The fourth-order valence-corrected chi connectivity index (χ4v) is 1.66. The second kappa shape index (κ2) is 4.39. The first-order chi connectivity index (χ1) is 6.15. The van der Waals surface area contributed by atoms with Gasteiger partial charge in [0.15, 0.2) is 0 Å². The van der Waals surface area contributed by atoms with Gasteiger partial charge >= 0.3 is 0 Å². The highest BCUT2D eigenvalue weighted by atomic mass is 79.9. The van der Waals surface area contributed by atoms with Crippen LogP contribution < -0.4 is 5.73 Å². The van der Waals surface area contributed by atoms with E-state index in [0.717, 1.165) is 5.56 Å². The Morgan fingerprint density at radius 2 is 2.23 bits per heavy atom. The second-order valence-electron chi connectivity index (χ2n) is 2.65. The van der Waals surface area contributed by atoms with Gasteiger partial charge in [-0.2, -0.15) is 0 Å². The number of carbonyl (C=O) groups is 1. The molecule has 0 aliphatic rings. The fourth-order valence-electron chi connectivity index (χ4n) is 1.04. The molecule has 1 aromatic rings. The summed E-state index contributed by atoms with van der Waals surface area (Å²) >= 11 is 3.24. The normalized spacial score (nSPS) is 10.0. The number of hydrogen-bond donors (Lipinski definition) is 2. The molecule has 0 saturated heterocycles. The highest BCUT2D eigenvalue weighted by Crippen LogP contribution is 2.18. The van der Waals surface area contributed by atoms with Crippen LogP contribution in [0.5, 0.6) is 0 Å². The van der Waals surface area contributed by atoms with E-state index >= 15 is 0 Å². The topological polar surface area (TPSA) is 63.3 Å². The number of rotatable bonds is 3. The molecule has 3 N–H and O–H groups in total. The van der Waals surface area contributed by atoms with E-state index in [1.54, 1.807) is 18.2 Å². The van der Waals surface area contributed by atoms with Gasteiger partial charge in [0.25, 0.3) is 0 Å². The molecule has 0 radical (unpaired) electrons. The van der Waals surface area contributed by atoms with Gasteiger partial charge in [-0.3, -0.25) is 4.79 Å². The molecule has 1 amide bonds. The lowest BCUT2D eigenvalue weighted by Gasteiger charge is -2.02. The maximum atomic E-state index is 10.8. The van der Waals surface area contributed by atoms with Gasteiger partial charge in [-0.05, 0) is 40.0 Å². The van der Waals surface area contributed by atoms with E-state index < -0.39 is 5.91 Å². The van der Waals surface area contributed by atoms with E-state index in [4.69, 9.17) is 10.8 Å². The molecule has 4 heteroatoms. The number of carbonyl (C=O) groups excluding carboxylic acids is 1. The Balaban J connectivity index is 2.98. The Kier molecular flexibility index (Phi) is 3.45. The molecule has 0 aliphatic heterocycles. The number of aliphatic hydroxyl groups is 1. The fraction of sp³-hybridized carbons (Fsp3) is 0.222. The molecule has 3 nitrogen and oxygen atoms in total. The minimum absolute atomic E-state index is 0.0996. The summed E-state index contributed by atoms with van der Waals surface area (Å²) < 4.78 is 0.672. The number of aliphatic hydroxyl groups excluding tert-OH is 1. The molecule has 0 aromatic heterocycles. The molecule has 70 valence electrons. The lowest BCUT2D eigenvalue weighted by atomic mass is 10.1. The van der Waals surface area contributed by atoms with Crippen molar-refractivity contribution in [3.8, 4) is 0 Å². The lowest BCUT2D eigenvalue weighted by molar-refractivity contribution is 0.0999. The van der Waals surface area contributed by atoms with E-state index in [2.05, 4.69) is 15.9 Å². The average Bonchev–Trinajstić information content (AvgIpc) is 2.04. The minimum Gasteiger partial charge on any atom is -0.396 e. The summed E-state index contributed by atoms with van der Waals surface area (Å²) in [6.45, 7) is 0.0996.